The minimum Gasteiger partial charge on any atom is -0.350 e. The maximum Gasteiger partial charge on any atom is 0.416 e. The van der Waals surface area contributed by atoms with E-state index >= 15 is 0 Å². The predicted molar refractivity (Wildman–Crippen MR) is 106 cm³/mol. The molecule has 5 nitrogen and oxygen atoms in total. The van der Waals surface area contributed by atoms with Crippen molar-refractivity contribution in [3.05, 3.63) is 89.7 Å². The summed E-state index contributed by atoms with van der Waals surface area (Å²) in [6, 6.07) is 14.4. The van der Waals surface area contributed by atoms with Crippen LogP contribution in [0.15, 0.2) is 73.1 Å². The summed E-state index contributed by atoms with van der Waals surface area (Å²) in [6.07, 6.45) is -1.39. The maximum absolute atomic E-state index is 12.9. The number of pyridine rings is 1. The Morgan fingerprint density at radius 2 is 1.33 bits per heavy atom. The lowest BCUT2D eigenvalue weighted by atomic mass is 10.0. The number of amides is 2. The third-order valence-corrected chi connectivity index (χ3v) is 4.31. The quantitative estimate of drug-likeness (QED) is 0.602. The number of carbonyl (C=O) groups excluding carboxylic acids is 2. The van der Waals surface area contributed by atoms with E-state index in [-0.39, 0.29) is 24.9 Å². The van der Waals surface area contributed by atoms with Crippen LogP contribution >= 0.6 is 0 Å². The monoisotopic (exact) mass is 413 g/mol. The Kier molecular flexibility index (Phi) is 6.46. The molecule has 154 valence electrons. The van der Waals surface area contributed by atoms with Crippen LogP contribution in [0.3, 0.4) is 0 Å². The first kappa shape index (κ1) is 21.0. The highest BCUT2D eigenvalue weighted by molar-refractivity contribution is 5.95. The first-order chi connectivity index (χ1) is 14.3. The number of carbonyl (C=O) groups is 2. The van der Waals surface area contributed by atoms with Crippen LogP contribution in [0, 0.1) is 0 Å². The van der Waals surface area contributed by atoms with Gasteiger partial charge in [-0.05, 0) is 47.5 Å². The second kappa shape index (κ2) is 9.21. The highest BCUT2D eigenvalue weighted by Gasteiger charge is 2.30. The van der Waals surface area contributed by atoms with E-state index in [0.29, 0.717) is 22.3 Å². The standard InChI is InChI=1S/C22H18F3N3O2/c23-22(24,25)19-3-1-2-18(14-19)15-4-6-16(7-5-15)20(29)27-12-13-28-21(30)17-8-10-26-11-9-17/h1-11,14H,12-13H2,(H,27,29)(H,28,30). The van der Waals surface area contributed by atoms with Gasteiger partial charge in [-0.15, -0.1) is 0 Å². The molecule has 2 N–H and O–H groups in total. The predicted octanol–water partition coefficient (Wildman–Crippen LogP) is 3.93. The van der Waals surface area contributed by atoms with Crippen molar-refractivity contribution >= 4 is 11.8 Å². The number of hydrogen-bond acceptors (Lipinski definition) is 3. The van der Waals surface area contributed by atoms with Gasteiger partial charge >= 0.3 is 6.18 Å². The molecule has 0 bridgehead atoms. The van der Waals surface area contributed by atoms with Crippen molar-refractivity contribution in [3.63, 3.8) is 0 Å². The first-order valence-corrected chi connectivity index (χ1v) is 9.09. The zero-order valence-corrected chi connectivity index (χ0v) is 15.7. The fourth-order valence-corrected chi connectivity index (χ4v) is 2.75. The molecule has 0 atom stereocenters. The number of aromatic nitrogens is 1. The average molecular weight is 413 g/mol. The summed E-state index contributed by atoms with van der Waals surface area (Å²) in [5.41, 5.74) is 1.10. The van der Waals surface area contributed by atoms with Gasteiger partial charge in [0.05, 0.1) is 5.56 Å². The van der Waals surface area contributed by atoms with Crippen molar-refractivity contribution in [2.75, 3.05) is 13.1 Å². The lowest BCUT2D eigenvalue weighted by molar-refractivity contribution is -0.137. The molecule has 0 saturated carbocycles. The Labute approximate surface area is 171 Å². The van der Waals surface area contributed by atoms with Gasteiger partial charge < -0.3 is 10.6 Å². The zero-order valence-electron chi connectivity index (χ0n) is 15.7. The number of alkyl halides is 3. The van der Waals surface area contributed by atoms with Gasteiger partial charge in [0.15, 0.2) is 0 Å². The van der Waals surface area contributed by atoms with Crippen LogP contribution < -0.4 is 10.6 Å². The van der Waals surface area contributed by atoms with Gasteiger partial charge in [0.25, 0.3) is 11.8 Å². The van der Waals surface area contributed by atoms with Crippen LogP contribution in [0.5, 0.6) is 0 Å². The second-order valence-corrected chi connectivity index (χ2v) is 6.40. The molecule has 0 aliphatic heterocycles. The summed E-state index contributed by atoms with van der Waals surface area (Å²) in [5.74, 6) is -0.610. The van der Waals surface area contributed by atoms with Crippen LogP contribution in [-0.2, 0) is 6.18 Å². The molecule has 30 heavy (non-hydrogen) atoms. The number of nitrogens with one attached hydrogen (secondary N) is 2. The normalized spacial score (nSPS) is 11.0. The Morgan fingerprint density at radius 3 is 1.90 bits per heavy atom. The Balaban J connectivity index is 1.53. The first-order valence-electron chi connectivity index (χ1n) is 9.09. The third-order valence-electron chi connectivity index (χ3n) is 4.31. The molecule has 0 aliphatic carbocycles. The fraction of sp³-hybridized carbons (Fsp3) is 0.136. The molecular weight excluding hydrogens is 395 g/mol. The van der Waals surface area contributed by atoms with Crippen molar-refractivity contribution in [3.8, 4) is 11.1 Å². The molecule has 2 amide bonds. The van der Waals surface area contributed by atoms with Crippen LogP contribution in [0.2, 0.25) is 0 Å². The Hall–Kier alpha value is -3.68. The number of rotatable bonds is 6. The summed E-state index contributed by atoms with van der Waals surface area (Å²) in [6.45, 7) is 0.472. The maximum atomic E-state index is 12.9. The summed E-state index contributed by atoms with van der Waals surface area (Å²) >= 11 is 0. The average Bonchev–Trinajstić information content (AvgIpc) is 2.76. The molecule has 0 saturated heterocycles. The van der Waals surface area contributed by atoms with Crippen molar-refractivity contribution in [1.82, 2.24) is 15.6 Å². The molecule has 1 aromatic heterocycles. The smallest absolute Gasteiger partial charge is 0.350 e. The van der Waals surface area contributed by atoms with E-state index in [2.05, 4.69) is 15.6 Å². The third kappa shape index (κ3) is 5.44. The Morgan fingerprint density at radius 1 is 0.767 bits per heavy atom. The summed E-state index contributed by atoms with van der Waals surface area (Å²) < 4.78 is 38.6. The topological polar surface area (TPSA) is 71.1 Å². The largest absolute Gasteiger partial charge is 0.416 e. The van der Waals surface area contributed by atoms with Crippen molar-refractivity contribution < 1.29 is 22.8 Å². The lowest BCUT2D eigenvalue weighted by Gasteiger charge is -2.10. The van der Waals surface area contributed by atoms with E-state index in [1.807, 2.05) is 0 Å². The summed E-state index contributed by atoms with van der Waals surface area (Å²) in [7, 11) is 0. The van der Waals surface area contributed by atoms with Crippen molar-refractivity contribution in [2.24, 2.45) is 0 Å². The van der Waals surface area contributed by atoms with E-state index < -0.39 is 11.7 Å². The summed E-state index contributed by atoms with van der Waals surface area (Å²) in [5, 5.41) is 5.36. The van der Waals surface area contributed by atoms with Gasteiger partial charge in [-0.25, -0.2) is 0 Å². The molecular formula is C22H18F3N3O2. The van der Waals surface area contributed by atoms with E-state index in [9.17, 15) is 22.8 Å². The molecule has 0 spiro atoms. The van der Waals surface area contributed by atoms with Crippen LogP contribution in [0.25, 0.3) is 11.1 Å². The molecule has 3 rings (SSSR count). The number of benzene rings is 2. The van der Waals surface area contributed by atoms with Crippen molar-refractivity contribution in [1.29, 1.82) is 0 Å². The van der Waals surface area contributed by atoms with Crippen LogP contribution in [0.4, 0.5) is 13.2 Å². The van der Waals surface area contributed by atoms with Gasteiger partial charge in [-0.3, -0.25) is 14.6 Å². The second-order valence-electron chi connectivity index (χ2n) is 6.40. The molecule has 2 aromatic carbocycles. The molecule has 0 fully saturated rings. The molecule has 8 heteroatoms. The lowest BCUT2D eigenvalue weighted by Crippen LogP contribution is -2.34. The van der Waals surface area contributed by atoms with Gasteiger partial charge in [-0.1, -0.05) is 24.3 Å². The molecule has 3 aromatic rings. The highest BCUT2D eigenvalue weighted by atomic mass is 19.4. The zero-order chi connectivity index (χ0) is 21.6. The van der Waals surface area contributed by atoms with Gasteiger partial charge in [0, 0.05) is 36.6 Å². The van der Waals surface area contributed by atoms with E-state index in [4.69, 9.17) is 0 Å². The van der Waals surface area contributed by atoms with Crippen LogP contribution in [0.1, 0.15) is 26.3 Å². The molecule has 0 aliphatic rings. The Bertz CT molecular complexity index is 1020. The number of nitrogens with zero attached hydrogens (tertiary/aromatic N) is 1. The van der Waals surface area contributed by atoms with Crippen molar-refractivity contribution in [2.45, 2.75) is 6.18 Å². The number of hydrogen-bond donors (Lipinski definition) is 2. The minimum absolute atomic E-state index is 0.227. The van der Waals surface area contributed by atoms with Crippen LogP contribution in [-0.4, -0.2) is 29.9 Å². The SMILES string of the molecule is O=C(NCCNC(=O)c1ccc(-c2cccc(C(F)(F)F)c2)cc1)c1ccncc1. The highest BCUT2D eigenvalue weighted by Crippen LogP contribution is 2.32. The van der Waals surface area contributed by atoms with E-state index in [0.717, 1.165) is 12.1 Å². The molecule has 1 heterocycles. The van der Waals surface area contributed by atoms with Gasteiger partial charge in [0.1, 0.15) is 0 Å². The minimum atomic E-state index is -4.41. The summed E-state index contributed by atoms with van der Waals surface area (Å²) in [4.78, 5) is 27.9. The van der Waals surface area contributed by atoms with Gasteiger partial charge in [-0.2, -0.15) is 13.2 Å². The number of halogens is 3. The van der Waals surface area contributed by atoms with E-state index in [1.54, 1.807) is 42.5 Å². The fourth-order valence-electron chi connectivity index (χ4n) is 2.75. The van der Waals surface area contributed by atoms with Gasteiger partial charge in [0.2, 0.25) is 0 Å². The molecule has 0 unspecified atom stereocenters. The van der Waals surface area contributed by atoms with E-state index in [1.165, 1.54) is 18.5 Å². The molecule has 0 radical (unpaired) electrons.